The molecule has 2 heterocycles. The lowest BCUT2D eigenvalue weighted by atomic mass is 9.97. The van der Waals surface area contributed by atoms with Crippen LogP contribution in [0.1, 0.15) is 53.3 Å². The van der Waals surface area contributed by atoms with Crippen LogP contribution in [0, 0.1) is 5.82 Å². The predicted molar refractivity (Wildman–Crippen MR) is 102 cm³/mol. The van der Waals surface area contributed by atoms with Crippen molar-refractivity contribution in [2.24, 2.45) is 0 Å². The van der Waals surface area contributed by atoms with Gasteiger partial charge in [0, 0.05) is 6.92 Å². The third kappa shape index (κ3) is 4.23. The van der Waals surface area contributed by atoms with E-state index in [1.54, 1.807) is 46.9 Å². The number of nitrogens with zero attached hydrogens (tertiary/aromatic N) is 1. The molecule has 2 rings (SSSR count). The standard InChI is InChI=1S/C18H26FNO4S2/c1-11(21)26-18(7,14-12(19)8-9-25-14)13-10-23-17(5,6)20(13)15(22)24-16(2,3)4/h8-9,13H,10H2,1-7H3/t13?,18-/m1/s1. The summed E-state index contributed by atoms with van der Waals surface area (Å²) in [6.45, 7) is 12.3. The number of hydrogen-bond donors (Lipinski definition) is 0. The number of carbonyl (C=O) groups is 2. The van der Waals surface area contributed by atoms with Crippen molar-refractivity contribution in [1.29, 1.82) is 0 Å². The molecule has 0 bridgehead atoms. The number of hydrogen-bond acceptors (Lipinski definition) is 6. The van der Waals surface area contributed by atoms with Crippen molar-refractivity contribution in [3.8, 4) is 0 Å². The van der Waals surface area contributed by atoms with Crippen molar-refractivity contribution in [2.75, 3.05) is 6.61 Å². The van der Waals surface area contributed by atoms with Gasteiger partial charge in [0.25, 0.3) is 0 Å². The van der Waals surface area contributed by atoms with Gasteiger partial charge in [-0.25, -0.2) is 9.18 Å². The van der Waals surface area contributed by atoms with E-state index in [2.05, 4.69) is 0 Å². The Kier molecular flexibility index (Phi) is 5.81. The second kappa shape index (κ2) is 7.13. The van der Waals surface area contributed by atoms with Gasteiger partial charge in [0.15, 0.2) is 5.12 Å². The molecule has 0 saturated carbocycles. The first-order valence-corrected chi connectivity index (χ1v) is 10.1. The Morgan fingerprint density at radius 1 is 1.38 bits per heavy atom. The van der Waals surface area contributed by atoms with Crippen LogP contribution in [0.15, 0.2) is 11.4 Å². The van der Waals surface area contributed by atoms with E-state index in [9.17, 15) is 14.0 Å². The fourth-order valence-corrected chi connectivity index (χ4v) is 5.32. The molecule has 1 aromatic rings. The summed E-state index contributed by atoms with van der Waals surface area (Å²) in [5, 5.41) is 1.48. The molecule has 2 atom stereocenters. The first kappa shape index (κ1) is 21.2. The van der Waals surface area contributed by atoms with Gasteiger partial charge in [0.2, 0.25) is 0 Å². The highest BCUT2D eigenvalue weighted by atomic mass is 32.2. The van der Waals surface area contributed by atoms with Gasteiger partial charge in [-0.1, -0.05) is 11.8 Å². The van der Waals surface area contributed by atoms with Crippen molar-refractivity contribution in [1.82, 2.24) is 4.90 Å². The number of amides is 1. The van der Waals surface area contributed by atoms with Crippen molar-refractivity contribution < 1.29 is 23.5 Å². The Hall–Kier alpha value is -1.12. The molecule has 8 heteroatoms. The maximum atomic E-state index is 14.5. The summed E-state index contributed by atoms with van der Waals surface area (Å²) in [4.78, 5) is 26.8. The zero-order valence-electron chi connectivity index (χ0n) is 16.2. The summed E-state index contributed by atoms with van der Waals surface area (Å²) in [5.41, 5.74) is -1.61. The number of rotatable bonds is 3. The topological polar surface area (TPSA) is 55.8 Å². The summed E-state index contributed by atoms with van der Waals surface area (Å²) in [6.07, 6.45) is -0.544. The summed E-state index contributed by atoms with van der Waals surface area (Å²) < 4.78 is 24.9. The average Bonchev–Trinajstić information content (AvgIpc) is 2.99. The molecule has 0 N–H and O–H groups in total. The van der Waals surface area contributed by atoms with Gasteiger partial charge in [0.1, 0.15) is 17.1 Å². The minimum Gasteiger partial charge on any atom is -0.444 e. The quantitative estimate of drug-likeness (QED) is 0.729. The maximum Gasteiger partial charge on any atom is 0.412 e. The molecule has 1 fully saturated rings. The highest BCUT2D eigenvalue weighted by Crippen LogP contribution is 2.49. The Balaban J connectivity index is 2.50. The van der Waals surface area contributed by atoms with Crippen LogP contribution < -0.4 is 0 Å². The third-order valence-electron chi connectivity index (χ3n) is 4.14. The van der Waals surface area contributed by atoms with E-state index in [1.165, 1.54) is 29.2 Å². The van der Waals surface area contributed by atoms with Crippen LogP contribution in [-0.4, -0.2) is 40.1 Å². The maximum absolute atomic E-state index is 14.5. The smallest absolute Gasteiger partial charge is 0.412 e. The number of ether oxygens (including phenoxy) is 2. The third-order valence-corrected chi connectivity index (χ3v) is 6.58. The number of thiophene rings is 1. The minimum absolute atomic E-state index is 0.158. The molecule has 26 heavy (non-hydrogen) atoms. The number of halogens is 1. The van der Waals surface area contributed by atoms with Crippen molar-refractivity contribution in [2.45, 2.75) is 70.6 Å². The molecule has 0 spiro atoms. The monoisotopic (exact) mass is 403 g/mol. The molecular weight excluding hydrogens is 377 g/mol. The molecule has 1 unspecified atom stereocenters. The summed E-state index contributed by atoms with van der Waals surface area (Å²) >= 11 is 2.24. The van der Waals surface area contributed by atoms with Gasteiger partial charge in [0.05, 0.1) is 22.3 Å². The largest absolute Gasteiger partial charge is 0.444 e. The normalized spacial score (nSPS) is 22.2. The lowest BCUT2D eigenvalue weighted by molar-refractivity contribution is -0.109. The molecular formula is C18H26FNO4S2. The fraction of sp³-hybridized carbons (Fsp3) is 0.667. The summed E-state index contributed by atoms with van der Waals surface area (Å²) in [7, 11) is 0. The predicted octanol–water partition coefficient (Wildman–Crippen LogP) is 4.75. The number of thioether (sulfide) groups is 1. The fourth-order valence-electron chi connectivity index (χ4n) is 3.08. The van der Waals surface area contributed by atoms with E-state index in [0.29, 0.717) is 4.88 Å². The second-order valence-electron chi connectivity index (χ2n) is 7.92. The Morgan fingerprint density at radius 3 is 2.46 bits per heavy atom. The molecule has 1 saturated heterocycles. The molecule has 5 nitrogen and oxygen atoms in total. The van der Waals surface area contributed by atoms with Crippen LogP contribution in [-0.2, 0) is 19.0 Å². The van der Waals surface area contributed by atoms with Crippen molar-refractivity contribution in [3.05, 3.63) is 22.1 Å². The lowest BCUT2D eigenvalue weighted by Crippen LogP contribution is -2.55. The molecule has 0 aromatic carbocycles. The zero-order chi connectivity index (χ0) is 19.9. The van der Waals surface area contributed by atoms with Crippen LogP contribution in [0.25, 0.3) is 0 Å². The van der Waals surface area contributed by atoms with Gasteiger partial charge < -0.3 is 9.47 Å². The number of carbonyl (C=O) groups excluding carboxylic acids is 2. The van der Waals surface area contributed by atoms with E-state index in [0.717, 1.165) is 11.8 Å². The van der Waals surface area contributed by atoms with Crippen molar-refractivity contribution >= 4 is 34.3 Å². The van der Waals surface area contributed by atoms with Gasteiger partial charge in [-0.2, -0.15) is 0 Å². The van der Waals surface area contributed by atoms with Crippen LogP contribution in [0.2, 0.25) is 0 Å². The van der Waals surface area contributed by atoms with Gasteiger partial charge in [-0.15, -0.1) is 11.3 Å². The second-order valence-corrected chi connectivity index (χ2v) is 10.5. The molecule has 1 amide bonds. The molecule has 1 aromatic heterocycles. The van der Waals surface area contributed by atoms with Crippen LogP contribution >= 0.6 is 23.1 Å². The Morgan fingerprint density at radius 2 is 2.00 bits per heavy atom. The SMILES string of the molecule is CC(=O)S[C@@](C)(c1sccc1F)C1COC(C)(C)N1C(=O)OC(C)(C)C. The van der Waals surface area contributed by atoms with Gasteiger partial charge >= 0.3 is 6.09 Å². The van der Waals surface area contributed by atoms with Crippen molar-refractivity contribution in [3.63, 3.8) is 0 Å². The van der Waals surface area contributed by atoms with Crippen LogP contribution in [0.4, 0.5) is 9.18 Å². The van der Waals surface area contributed by atoms with E-state index >= 15 is 0 Å². The Labute approximate surface area is 162 Å². The van der Waals surface area contributed by atoms with Gasteiger partial charge in [-0.3, -0.25) is 9.69 Å². The minimum atomic E-state index is -0.991. The first-order chi connectivity index (χ1) is 11.8. The molecule has 0 radical (unpaired) electrons. The molecule has 146 valence electrons. The van der Waals surface area contributed by atoms with Crippen LogP contribution in [0.5, 0.6) is 0 Å². The molecule has 1 aliphatic heterocycles. The van der Waals surface area contributed by atoms with E-state index in [1.807, 2.05) is 0 Å². The molecule has 0 aliphatic carbocycles. The first-order valence-electron chi connectivity index (χ1n) is 8.37. The van der Waals surface area contributed by atoms with E-state index in [4.69, 9.17) is 9.47 Å². The lowest BCUT2D eigenvalue weighted by Gasteiger charge is -2.41. The van der Waals surface area contributed by atoms with Gasteiger partial charge in [-0.05, 0) is 53.0 Å². The summed E-state index contributed by atoms with van der Waals surface area (Å²) in [5.74, 6) is -0.389. The van der Waals surface area contributed by atoms with E-state index < -0.39 is 28.2 Å². The average molecular weight is 404 g/mol. The molecule has 1 aliphatic rings. The highest BCUT2D eigenvalue weighted by Gasteiger charge is 2.55. The van der Waals surface area contributed by atoms with Crippen LogP contribution in [0.3, 0.4) is 0 Å². The zero-order valence-corrected chi connectivity index (χ0v) is 17.8. The Bertz CT molecular complexity index is 698. The van der Waals surface area contributed by atoms with E-state index in [-0.39, 0.29) is 17.5 Å². The summed E-state index contributed by atoms with van der Waals surface area (Å²) in [6, 6.07) is 0.812. The highest BCUT2D eigenvalue weighted by molar-refractivity contribution is 8.14.